The lowest BCUT2D eigenvalue weighted by Crippen LogP contribution is -2.27. The van der Waals surface area contributed by atoms with Crippen LogP contribution >= 0.6 is 15.9 Å². The van der Waals surface area contributed by atoms with Crippen LogP contribution in [0.25, 0.3) is 0 Å². The van der Waals surface area contributed by atoms with Crippen LogP contribution in [0, 0.1) is 0 Å². The summed E-state index contributed by atoms with van der Waals surface area (Å²) in [6.07, 6.45) is 0. The molecule has 0 unspecified atom stereocenters. The fourth-order valence-corrected chi connectivity index (χ4v) is 1.63. The molecule has 4 nitrogen and oxygen atoms in total. The molecule has 0 aliphatic rings. The van der Waals surface area contributed by atoms with Crippen LogP contribution in [0.1, 0.15) is 0 Å². The number of nitrogens with one attached hydrogen (secondary N) is 1. The van der Waals surface area contributed by atoms with E-state index < -0.39 is 0 Å². The maximum absolute atomic E-state index is 11.5. The van der Waals surface area contributed by atoms with Gasteiger partial charge in [0, 0.05) is 11.8 Å². The number of hydrogen-bond acceptors (Lipinski definition) is 3. The Hall–Kier alpha value is -1.07. The number of ether oxygens (including phenoxy) is 1. The molecule has 1 aromatic rings. The number of amides is 1. The van der Waals surface area contributed by atoms with Crippen LogP contribution in [-0.2, 0) is 4.79 Å². The minimum atomic E-state index is -0.0469. The molecule has 1 amide bonds. The number of hydrogen-bond donors (Lipinski definition) is 1. The van der Waals surface area contributed by atoms with Crippen LogP contribution in [0.15, 0.2) is 22.7 Å². The highest BCUT2D eigenvalue weighted by Gasteiger charge is 2.06. The molecule has 0 aliphatic carbocycles. The average Bonchev–Trinajstić information content (AvgIpc) is 2.19. The Bertz CT molecular complexity index is 380. The van der Waals surface area contributed by atoms with Crippen molar-refractivity contribution in [2.45, 2.75) is 0 Å². The zero-order chi connectivity index (χ0) is 12.1. The molecule has 0 saturated heterocycles. The van der Waals surface area contributed by atoms with Crippen molar-refractivity contribution >= 4 is 27.5 Å². The van der Waals surface area contributed by atoms with Crippen LogP contribution in [0.4, 0.5) is 5.69 Å². The molecule has 0 heterocycles. The van der Waals surface area contributed by atoms with Gasteiger partial charge in [0.15, 0.2) is 0 Å². The molecule has 5 heteroatoms. The number of likely N-dealkylation sites (N-methyl/N-ethyl adjacent to an activating group) is 1. The predicted molar refractivity (Wildman–Crippen MR) is 67.9 cm³/mol. The first-order valence-corrected chi connectivity index (χ1v) is 5.60. The standard InChI is InChI=1S/C11H15BrN2O2/c1-14(2)7-11(15)13-8-4-5-9(12)10(6-8)16-3/h4-6H,7H2,1-3H3,(H,13,15). The number of methoxy groups -OCH3 is 1. The lowest BCUT2D eigenvalue weighted by Gasteiger charge is -2.11. The van der Waals surface area contributed by atoms with E-state index in [1.54, 1.807) is 13.2 Å². The molecule has 1 N–H and O–H groups in total. The number of rotatable bonds is 4. The Morgan fingerprint density at radius 2 is 2.19 bits per heavy atom. The molecule has 0 aliphatic heterocycles. The highest BCUT2D eigenvalue weighted by Crippen LogP contribution is 2.27. The van der Waals surface area contributed by atoms with E-state index >= 15 is 0 Å². The van der Waals surface area contributed by atoms with E-state index in [1.165, 1.54) is 0 Å². The lowest BCUT2D eigenvalue weighted by atomic mass is 10.3. The van der Waals surface area contributed by atoms with Crippen LogP contribution in [-0.4, -0.2) is 38.6 Å². The van der Waals surface area contributed by atoms with Gasteiger partial charge in [-0.3, -0.25) is 4.79 Å². The van der Waals surface area contributed by atoms with Crippen molar-refractivity contribution in [1.29, 1.82) is 0 Å². The quantitative estimate of drug-likeness (QED) is 0.920. The number of benzene rings is 1. The second kappa shape index (κ2) is 5.86. The van der Waals surface area contributed by atoms with E-state index in [0.717, 1.165) is 10.2 Å². The first-order valence-electron chi connectivity index (χ1n) is 4.81. The van der Waals surface area contributed by atoms with Gasteiger partial charge in [-0.25, -0.2) is 0 Å². The number of halogens is 1. The van der Waals surface area contributed by atoms with E-state index in [0.29, 0.717) is 12.3 Å². The predicted octanol–water partition coefficient (Wildman–Crippen LogP) is 1.96. The Kier molecular flexibility index (Phi) is 4.76. The van der Waals surface area contributed by atoms with Crippen molar-refractivity contribution < 1.29 is 9.53 Å². The topological polar surface area (TPSA) is 41.6 Å². The van der Waals surface area contributed by atoms with Crippen molar-refractivity contribution in [1.82, 2.24) is 4.90 Å². The molecule has 0 fully saturated rings. The Balaban J connectivity index is 2.71. The molecule has 0 radical (unpaired) electrons. The zero-order valence-corrected chi connectivity index (χ0v) is 11.2. The molecule has 88 valence electrons. The van der Waals surface area contributed by atoms with Gasteiger partial charge in [-0.05, 0) is 42.2 Å². The first-order chi connectivity index (χ1) is 7.52. The van der Waals surface area contributed by atoms with E-state index in [4.69, 9.17) is 4.74 Å². The average molecular weight is 287 g/mol. The first kappa shape index (κ1) is 13.0. The monoisotopic (exact) mass is 286 g/mol. The van der Waals surface area contributed by atoms with Gasteiger partial charge in [-0.1, -0.05) is 0 Å². The lowest BCUT2D eigenvalue weighted by molar-refractivity contribution is -0.116. The highest BCUT2D eigenvalue weighted by molar-refractivity contribution is 9.10. The summed E-state index contributed by atoms with van der Waals surface area (Å²) >= 11 is 3.35. The molecule has 0 atom stereocenters. The summed E-state index contributed by atoms with van der Waals surface area (Å²) in [4.78, 5) is 13.3. The molecule has 1 aromatic carbocycles. The third-order valence-corrected chi connectivity index (χ3v) is 2.55. The van der Waals surface area contributed by atoms with E-state index in [1.807, 2.05) is 31.1 Å². The normalized spacial score (nSPS) is 10.3. The maximum atomic E-state index is 11.5. The van der Waals surface area contributed by atoms with E-state index in [9.17, 15) is 4.79 Å². The molecular weight excluding hydrogens is 272 g/mol. The SMILES string of the molecule is COc1cc(NC(=O)CN(C)C)ccc1Br. The van der Waals surface area contributed by atoms with Gasteiger partial charge in [0.2, 0.25) is 5.91 Å². The number of nitrogens with zero attached hydrogens (tertiary/aromatic N) is 1. The van der Waals surface area contributed by atoms with E-state index in [-0.39, 0.29) is 5.91 Å². The molecule has 0 bridgehead atoms. The molecule has 0 saturated carbocycles. The Labute approximate surface area is 104 Å². The summed E-state index contributed by atoms with van der Waals surface area (Å²) in [5, 5.41) is 2.79. The summed E-state index contributed by atoms with van der Waals surface area (Å²) < 4.78 is 6.00. The third kappa shape index (κ3) is 3.83. The third-order valence-electron chi connectivity index (χ3n) is 1.89. The number of carbonyl (C=O) groups is 1. The minimum absolute atomic E-state index is 0.0469. The second-order valence-electron chi connectivity index (χ2n) is 3.64. The zero-order valence-electron chi connectivity index (χ0n) is 9.58. The maximum Gasteiger partial charge on any atom is 0.238 e. The van der Waals surface area contributed by atoms with Gasteiger partial charge in [-0.15, -0.1) is 0 Å². The van der Waals surface area contributed by atoms with Gasteiger partial charge in [0.05, 0.1) is 18.1 Å². The van der Waals surface area contributed by atoms with Crippen LogP contribution in [0.3, 0.4) is 0 Å². The fraction of sp³-hybridized carbons (Fsp3) is 0.364. The molecule has 0 aromatic heterocycles. The van der Waals surface area contributed by atoms with Gasteiger partial charge < -0.3 is 15.0 Å². The fourth-order valence-electron chi connectivity index (χ4n) is 1.23. The van der Waals surface area contributed by atoms with Crippen molar-refractivity contribution in [2.24, 2.45) is 0 Å². The molecule has 1 rings (SSSR count). The summed E-state index contributed by atoms with van der Waals surface area (Å²) in [6.45, 7) is 0.360. The molecule has 16 heavy (non-hydrogen) atoms. The van der Waals surface area contributed by atoms with Gasteiger partial charge >= 0.3 is 0 Å². The van der Waals surface area contributed by atoms with Crippen LogP contribution < -0.4 is 10.1 Å². The summed E-state index contributed by atoms with van der Waals surface area (Å²) in [7, 11) is 5.29. The molecular formula is C11H15BrN2O2. The van der Waals surface area contributed by atoms with Crippen molar-refractivity contribution in [3.63, 3.8) is 0 Å². The highest BCUT2D eigenvalue weighted by atomic mass is 79.9. The smallest absolute Gasteiger partial charge is 0.238 e. The van der Waals surface area contributed by atoms with E-state index in [2.05, 4.69) is 21.2 Å². The number of carbonyl (C=O) groups excluding carboxylic acids is 1. The van der Waals surface area contributed by atoms with Gasteiger partial charge in [0.25, 0.3) is 0 Å². The van der Waals surface area contributed by atoms with Crippen LogP contribution in [0.5, 0.6) is 5.75 Å². The Morgan fingerprint density at radius 1 is 1.50 bits per heavy atom. The van der Waals surface area contributed by atoms with Gasteiger partial charge in [-0.2, -0.15) is 0 Å². The van der Waals surface area contributed by atoms with Gasteiger partial charge in [0.1, 0.15) is 5.75 Å². The molecule has 0 spiro atoms. The minimum Gasteiger partial charge on any atom is -0.495 e. The van der Waals surface area contributed by atoms with Crippen molar-refractivity contribution in [3.05, 3.63) is 22.7 Å². The second-order valence-corrected chi connectivity index (χ2v) is 4.49. The number of anilines is 1. The van der Waals surface area contributed by atoms with Crippen molar-refractivity contribution in [2.75, 3.05) is 33.1 Å². The largest absolute Gasteiger partial charge is 0.495 e. The summed E-state index contributed by atoms with van der Waals surface area (Å²) in [6, 6.07) is 5.43. The summed E-state index contributed by atoms with van der Waals surface area (Å²) in [5.74, 6) is 0.650. The summed E-state index contributed by atoms with van der Waals surface area (Å²) in [5.41, 5.74) is 0.729. The van der Waals surface area contributed by atoms with Crippen molar-refractivity contribution in [3.8, 4) is 5.75 Å². The Morgan fingerprint density at radius 3 is 2.75 bits per heavy atom. The van der Waals surface area contributed by atoms with Crippen LogP contribution in [0.2, 0.25) is 0 Å².